The lowest BCUT2D eigenvalue weighted by Crippen LogP contribution is -2.50. The second-order valence-corrected chi connectivity index (χ2v) is 8.50. The van der Waals surface area contributed by atoms with Crippen molar-refractivity contribution in [1.82, 2.24) is 20.4 Å². The number of nitrogens with one attached hydrogen (secondary N) is 2. The van der Waals surface area contributed by atoms with Crippen molar-refractivity contribution < 1.29 is 14.3 Å². The van der Waals surface area contributed by atoms with Crippen LogP contribution in [-0.2, 0) is 14.3 Å². The summed E-state index contributed by atoms with van der Waals surface area (Å²) in [6, 6.07) is 0. The highest BCUT2D eigenvalue weighted by atomic mass is 127. The Bertz CT molecular complexity index is 538. The predicted octanol–water partition coefficient (Wildman–Crippen LogP) is 2.86. The monoisotopic (exact) mass is 567 g/mol. The van der Waals surface area contributed by atoms with Crippen molar-refractivity contribution >= 4 is 41.8 Å². The number of ether oxygens (including phenoxy) is 1. The Labute approximate surface area is 212 Å². The van der Waals surface area contributed by atoms with E-state index in [1.54, 1.807) is 7.05 Å². The van der Waals surface area contributed by atoms with Crippen LogP contribution in [0.25, 0.3) is 0 Å². The Morgan fingerprint density at radius 3 is 2.00 bits per heavy atom. The van der Waals surface area contributed by atoms with Gasteiger partial charge >= 0.3 is 0 Å². The van der Waals surface area contributed by atoms with Gasteiger partial charge < -0.3 is 25.2 Å². The van der Waals surface area contributed by atoms with Crippen LogP contribution < -0.4 is 10.6 Å². The van der Waals surface area contributed by atoms with Crippen LogP contribution in [0.2, 0.25) is 0 Å². The molecule has 0 aromatic rings. The highest BCUT2D eigenvalue weighted by Gasteiger charge is 2.23. The van der Waals surface area contributed by atoms with Gasteiger partial charge in [0.15, 0.2) is 5.96 Å². The summed E-state index contributed by atoms with van der Waals surface area (Å²) in [4.78, 5) is 32.6. The maximum absolute atomic E-state index is 12.4. The van der Waals surface area contributed by atoms with Crippen LogP contribution >= 0.6 is 24.0 Å². The van der Waals surface area contributed by atoms with E-state index in [-0.39, 0.29) is 35.8 Å². The Balaban J connectivity index is 0.00000961. The van der Waals surface area contributed by atoms with Crippen molar-refractivity contribution in [1.29, 1.82) is 0 Å². The van der Waals surface area contributed by atoms with Gasteiger partial charge in [0.25, 0.3) is 0 Å². The molecule has 1 heterocycles. The number of carbonyl (C=O) groups excluding carboxylic acids is 2. The molecule has 0 aliphatic carbocycles. The zero-order chi connectivity index (χ0) is 22.9. The largest absolute Gasteiger partial charge is 0.382 e. The molecule has 0 saturated carbocycles. The molecule has 32 heavy (non-hydrogen) atoms. The van der Waals surface area contributed by atoms with Crippen LogP contribution in [0.15, 0.2) is 4.99 Å². The van der Waals surface area contributed by atoms with Gasteiger partial charge in [-0.1, -0.05) is 20.3 Å². The fourth-order valence-electron chi connectivity index (χ4n) is 3.53. The minimum Gasteiger partial charge on any atom is -0.382 e. The van der Waals surface area contributed by atoms with Gasteiger partial charge in [0.05, 0.1) is 0 Å². The third kappa shape index (κ3) is 14.1. The summed E-state index contributed by atoms with van der Waals surface area (Å²) in [5.41, 5.74) is 0. The van der Waals surface area contributed by atoms with Crippen LogP contribution in [-0.4, -0.2) is 87.1 Å². The molecule has 9 heteroatoms. The fraction of sp³-hybridized carbons (Fsp3) is 0.870. The summed E-state index contributed by atoms with van der Waals surface area (Å²) in [6.07, 6.45) is 6.21. The van der Waals surface area contributed by atoms with E-state index < -0.39 is 0 Å². The van der Waals surface area contributed by atoms with Crippen molar-refractivity contribution in [3.63, 3.8) is 0 Å². The third-order valence-corrected chi connectivity index (χ3v) is 5.36. The summed E-state index contributed by atoms with van der Waals surface area (Å²) in [6.45, 7) is 12.1. The number of amides is 2. The minimum atomic E-state index is 0. The molecule has 0 spiro atoms. The average Bonchev–Trinajstić information content (AvgIpc) is 2.76. The topological polar surface area (TPSA) is 86.3 Å². The van der Waals surface area contributed by atoms with Gasteiger partial charge in [-0.25, -0.2) is 0 Å². The zero-order valence-corrected chi connectivity index (χ0v) is 23.0. The van der Waals surface area contributed by atoms with E-state index in [0.717, 1.165) is 64.4 Å². The molecule has 8 nitrogen and oxygen atoms in total. The second-order valence-electron chi connectivity index (χ2n) is 8.50. The molecule has 0 unspecified atom stereocenters. The van der Waals surface area contributed by atoms with Crippen molar-refractivity contribution in [3.8, 4) is 0 Å². The smallest absolute Gasteiger partial charge is 0.222 e. The van der Waals surface area contributed by atoms with Crippen molar-refractivity contribution in [2.45, 2.75) is 65.7 Å². The molecule has 1 saturated heterocycles. The maximum atomic E-state index is 12.4. The molecule has 1 aliphatic rings. The number of guanidine groups is 1. The number of nitrogens with zero attached hydrogens (tertiary/aromatic N) is 3. The molecule has 0 aromatic heterocycles. The first-order chi connectivity index (χ1) is 15.0. The lowest BCUT2D eigenvalue weighted by Gasteiger charge is -2.35. The van der Waals surface area contributed by atoms with Crippen LogP contribution in [0.5, 0.6) is 0 Å². The normalized spacial score (nSPS) is 14.3. The lowest BCUT2D eigenvalue weighted by molar-refractivity contribution is -0.140. The molecule has 1 rings (SSSR count). The summed E-state index contributed by atoms with van der Waals surface area (Å²) in [5.74, 6) is 1.64. The molecule has 0 aromatic carbocycles. The van der Waals surface area contributed by atoms with Crippen LogP contribution in [0, 0.1) is 5.92 Å². The molecular weight excluding hydrogens is 521 g/mol. The molecule has 0 bridgehead atoms. The first-order valence-corrected chi connectivity index (χ1v) is 12.1. The van der Waals surface area contributed by atoms with E-state index in [0.29, 0.717) is 44.9 Å². The fourth-order valence-corrected chi connectivity index (χ4v) is 3.53. The lowest BCUT2D eigenvalue weighted by atomic mass is 10.1. The van der Waals surface area contributed by atoms with Crippen LogP contribution in [0.1, 0.15) is 65.7 Å². The van der Waals surface area contributed by atoms with Gasteiger partial charge in [0.2, 0.25) is 11.8 Å². The highest BCUT2D eigenvalue weighted by Crippen LogP contribution is 2.10. The number of piperazine rings is 1. The number of carbonyl (C=O) groups is 2. The van der Waals surface area contributed by atoms with Gasteiger partial charge in [0, 0.05) is 72.4 Å². The number of unbranched alkanes of at least 4 members (excludes halogenated alkanes) is 3. The Hall–Kier alpha value is -1.10. The van der Waals surface area contributed by atoms with E-state index >= 15 is 0 Å². The quantitative estimate of drug-likeness (QED) is 0.146. The van der Waals surface area contributed by atoms with Crippen molar-refractivity contribution in [3.05, 3.63) is 0 Å². The maximum Gasteiger partial charge on any atom is 0.222 e. The molecule has 0 atom stereocenters. The van der Waals surface area contributed by atoms with Gasteiger partial charge in [-0.15, -0.1) is 24.0 Å². The molecule has 188 valence electrons. The van der Waals surface area contributed by atoms with E-state index in [9.17, 15) is 9.59 Å². The number of hydrogen-bond donors (Lipinski definition) is 2. The van der Waals surface area contributed by atoms with E-state index in [1.807, 2.05) is 16.7 Å². The minimum absolute atomic E-state index is 0. The van der Waals surface area contributed by atoms with Gasteiger partial charge in [0.1, 0.15) is 0 Å². The number of hydrogen-bond acceptors (Lipinski definition) is 4. The highest BCUT2D eigenvalue weighted by molar-refractivity contribution is 14.0. The standard InChI is InChI=1S/C23H45N5O3.HI/c1-5-31-18-10-9-13-26-23(24-4)25-12-8-6-7-11-21(29)27-14-16-28(17-15-27)22(30)19-20(2)3;/h20H,5-19H2,1-4H3,(H2,24,25,26);1H. The summed E-state index contributed by atoms with van der Waals surface area (Å²) in [5, 5.41) is 6.64. The molecular formula is C23H46IN5O3. The summed E-state index contributed by atoms with van der Waals surface area (Å²) in [7, 11) is 1.78. The Kier molecular flexibility index (Phi) is 18.7. The number of aliphatic imine (C=N–C) groups is 1. The predicted molar refractivity (Wildman–Crippen MR) is 142 cm³/mol. The summed E-state index contributed by atoms with van der Waals surface area (Å²) >= 11 is 0. The molecule has 2 N–H and O–H groups in total. The van der Waals surface area contributed by atoms with Crippen molar-refractivity contribution in [2.75, 3.05) is 59.5 Å². The van der Waals surface area contributed by atoms with Gasteiger partial charge in [-0.3, -0.25) is 14.6 Å². The molecule has 1 aliphatic heterocycles. The first-order valence-electron chi connectivity index (χ1n) is 12.1. The van der Waals surface area contributed by atoms with Crippen LogP contribution in [0.4, 0.5) is 0 Å². The van der Waals surface area contributed by atoms with Gasteiger partial charge in [-0.2, -0.15) is 0 Å². The number of halogens is 1. The van der Waals surface area contributed by atoms with E-state index in [2.05, 4.69) is 29.5 Å². The summed E-state index contributed by atoms with van der Waals surface area (Å²) < 4.78 is 5.33. The van der Waals surface area contributed by atoms with Crippen molar-refractivity contribution in [2.24, 2.45) is 10.9 Å². The van der Waals surface area contributed by atoms with Gasteiger partial charge in [-0.05, 0) is 38.5 Å². The SMILES string of the molecule is CCOCCCCNC(=NC)NCCCCCC(=O)N1CCN(C(=O)CC(C)C)CC1.I. The zero-order valence-electron chi connectivity index (χ0n) is 20.7. The molecule has 0 radical (unpaired) electrons. The molecule has 1 fully saturated rings. The third-order valence-electron chi connectivity index (χ3n) is 5.36. The Morgan fingerprint density at radius 2 is 1.47 bits per heavy atom. The van der Waals surface area contributed by atoms with Crippen LogP contribution in [0.3, 0.4) is 0 Å². The Morgan fingerprint density at radius 1 is 0.906 bits per heavy atom. The molecule has 2 amide bonds. The first kappa shape index (κ1) is 30.9. The second kappa shape index (κ2) is 19.4. The van der Waals surface area contributed by atoms with E-state index in [4.69, 9.17) is 4.74 Å². The average molecular weight is 568 g/mol. The van der Waals surface area contributed by atoms with E-state index in [1.165, 1.54) is 0 Å². The number of rotatable bonds is 14.